The van der Waals surface area contributed by atoms with Gasteiger partial charge in [-0.2, -0.15) is 0 Å². The van der Waals surface area contributed by atoms with Crippen LogP contribution in [-0.2, 0) is 32.3 Å². The molecule has 0 radical (unpaired) electrons. The Morgan fingerprint density at radius 2 is 1.22 bits per heavy atom. The number of carbonyl (C=O) groups is 4. The summed E-state index contributed by atoms with van der Waals surface area (Å²) < 4.78 is 22.9. The monoisotopic (exact) mass is 912 g/mol. The normalized spacial score (nSPS) is 27.6. The zero-order valence-electron chi connectivity index (χ0n) is 37.7. The number of aromatic nitrogens is 4. The Bertz CT molecular complexity index is 3050. The van der Waals surface area contributed by atoms with Gasteiger partial charge in [0.1, 0.15) is 48.4 Å². The number of piperidine rings is 2. The largest absolute Gasteiger partial charge is 0.488 e. The number of benzene rings is 4. The van der Waals surface area contributed by atoms with Crippen molar-refractivity contribution in [2.75, 3.05) is 14.2 Å². The number of nitrogens with zero attached hydrogens (tertiary/aromatic N) is 4. The molecule has 8 aliphatic rings. The van der Waals surface area contributed by atoms with Crippen LogP contribution in [0.15, 0.2) is 97.3 Å². The highest BCUT2D eigenvalue weighted by Crippen LogP contribution is 2.90. The molecule has 3 saturated carbocycles. The van der Waals surface area contributed by atoms with Crippen LogP contribution >= 0.6 is 0 Å². The van der Waals surface area contributed by atoms with Gasteiger partial charge in [-0.15, -0.1) is 0 Å². The summed E-state index contributed by atoms with van der Waals surface area (Å²) in [5, 5.41) is 5.56. The van der Waals surface area contributed by atoms with Crippen LogP contribution in [-0.4, -0.2) is 80.0 Å². The zero-order chi connectivity index (χ0) is 46.3. The molecule has 16 heteroatoms. The number of H-pyrrole nitrogens is 2. The summed E-state index contributed by atoms with van der Waals surface area (Å²) in [6.07, 6.45) is 3.06. The van der Waals surface area contributed by atoms with Gasteiger partial charge in [0.15, 0.2) is 0 Å². The summed E-state index contributed by atoms with van der Waals surface area (Å²) >= 11 is 0. The molecule has 4 aromatic carbocycles. The predicted octanol–water partition coefficient (Wildman–Crippen LogP) is 7.54. The van der Waals surface area contributed by atoms with E-state index in [4.69, 9.17) is 28.9 Å². The second-order valence-corrected chi connectivity index (χ2v) is 19.5. The molecule has 3 saturated heterocycles. The van der Waals surface area contributed by atoms with Crippen molar-refractivity contribution >= 4 is 24.0 Å². The first-order valence-corrected chi connectivity index (χ1v) is 23.2. The molecule has 2 aromatic heterocycles. The summed E-state index contributed by atoms with van der Waals surface area (Å²) in [6, 6.07) is 24.6. The lowest BCUT2D eigenvalue weighted by Gasteiger charge is -2.31. The van der Waals surface area contributed by atoms with E-state index in [0.29, 0.717) is 53.7 Å². The topological polar surface area (TPSA) is 193 Å². The summed E-state index contributed by atoms with van der Waals surface area (Å²) in [5.74, 6) is 3.92. The van der Waals surface area contributed by atoms with Crippen LogP contribution in [0.1, 0.15) is 78.3 Å². The first kappa shape index (κ1) is 40.6. The number of hydrogen-bond donors (Lipinski definition) is 4. The third-order valence-corrected chi connectivity index (χ3v) is 16.1. The summed E-state index contributed by atoms with van der Waals surface area (Å²) in [7, 11) is 2.58. The molecule has 3 aliphatic carbocycles. The minimum Gasteiger partial charge on any atom is -0.488 e. The van der Waals surface area contributed by atoms with Crippen LogP contribution < -0.4 is 20.1 Å². The van der Waals surface area contributed by atoms with Crippen LogP contribution in [0.3, 0.4) is 0 Å². The minimum atomic E-state index is -0.910. The molecule has 7 heterocycles. The van der Waals surface area contributed by atoms with Crippen LogP contribution in [0.5, 0.6) is 11.5 Å². The van der Waals surface area contributed by atoms with E-state index in [0.717, 1.165) is 62.7 Å². The Morgan fingerprint density at radius 1 is 0.721 bits per heavy atom. The Kier molecular flexibility index (Phi) is 8.78. The SMILES string of the molecule is COC(=O)N[C@@H](C(=O)N1[C@H](c2ncc(-c3cc4c5c(c3)OCc3cc(-c6cnc([C@@H]7C[C@H]8[C@@H](C)[C@H]8N7C(=O)[C@H](NC(=O)OC)c7ccccc7)[nH]6)cc(c3-5)OC4)[nH]2)C2[C@@H]3[C@H]1[C@]23C)c1ccccc1. The van der Waals surface area contributed by atoms with E-state index in [-0.39, 0.29) is 47.3 Å². The number of carbonyl (C=O) groups excluding carboxylic acids is 4. The molecular weight excluding hydrogens is 865 g/mol. The molecule has 5 aliphatic heterocycles. The van der Waals surface area contributed by atoms with Gasteiger partial charge in [-0.1, -0.05) is 74.5 Å². The highest BCUT2D eigenvalue weighted by Gasteiger charge is 2.94. The number of amides is 4. The zero-order valence-corrected chi connectivity index (χ0v) is 37.7. The van der Waals surface area contributed by atoms with Crippen LogP contribution in [0.4, 0.5) is 9.59 Å². The maximum absolute atomic E-state index is 14.5. The second-order valence-electron chi connectivity index (χ2n) is 19.5. The average Bonchev–Trinajstić information content (AvgIpc) is 3.90. The summed E-state index contributed by atoms with van der Waals surface area (Å²) in [6.45, 7) is 5.06. The molecule has 14 rings (SSSR count). The van der Waals surface area contributed by atoms with E-state index < -0.39 is 24.3 Å². The number of rotatable bonds is 10. The lowest BCUT2D eigenvalue weighted by molar-refractivity contribution is -0.136. The first-order valence-electron chi connectivity index (χ1n) is 23.2. The molecule has 16 nitrogen and oxygen atoms in total. The molecule has 4 amide bonds. The molecular formula is C52H48N8O8. The Hall–Kier alpha value is -7.62. The van der Waals surface area contributed by atoms with Gasteiger partial charge in [0.25, 0.3) is 11.8 Å². The fraction of sp³-hybridized carbons (Fsp3) is 0.346. The van der Waals surface area contributed by atoms with E-state index in [1.807, 2.05) is 95.0 Å². The molecule has 344 valence electrons. The van der Waals surface area contributed by atoms with Gasteiger partial charge in [-0.3, -0.25) is 9.59 Å². The number of nitrogens with one attached hydrogen (secondary N) is 4. The Balaban J connectivity index is 0.764. The molecule has 1 unspecified atom stereocenters. The Morgan fingerprint density at radius 3 is 1.75 bits per heavy atom. The lowest BCUT2D eigenvalue weighted by Crippen LogP contribution is -2.44. The van der Waals surface area contributed by atoms with E-state index in [1.165, 1.54) is 14.2 Å². The number of ether oxygens (including phenoxy) is 4. The fourth-order valence-electron chi connectivity index (χ4n) is 12.6. The molecule has 4 N–H and O–H groups in total. The number of hydrogen-bond acceptors (Lipinski definition) is 10. The number of imidazole rings is 2. The summed E-state index contributed by atoms with van der Waals surface area (Å²) in [4.78, 5) is 74.6. The van der Waals surface area contributed by atoms with Gasteiger partial charge in [0.05, 0.1) is 50.1 Å². The van der Waals surface area contributed by atoms with Crippen LogP contribution in [0, 0.1) is 29.1 Å². The first-order chi connectivity index (χ1) is 33.1. The number of methoxy groups -OCH3 is 2. The van der Waals surface area contributed by atoms with E-state index in [2.05, 4.69) is 46.6 Å². The van der Waals surface area contributed by atoms with Crippen molar-refractivity contribution in [3.63, 3.8) is 0 Å². The van der Waals surface area contributed by atoms with Crippen molar-refractivity contribution in [2.45, 2.75) is 69.7 Å². The maximum Gasteiger partial charge on any atom is 0.407 e. The molecule has 6 aromatic rings. The predicted molar refractivity (Wildman–Crippen MR) is 244 cm³/mol. The maximum atomic E-state index is 14.5. The third kappa shape index (κ3) is 5.91. The number of fused-ring (bicyclic) bond motifs is 2. The molecule has 68 heavy (non-hydrogen) atoms. The van der Waals surface area contributed by atoms with Gasteiger partial charge >= 0.3 is 12.2 Å². The minimum absolute atomic E-state index is 0.0424. The lowest BCUT2D eigenvalue weighted by atomic mass is 9.87. The molecule has 11 atom stereocenters. The van der Waals surface area contributed by atoms with Gasteiger partial charge in [-0.05, 0) is 70.9 Å². The Labute approximate surface area is 390 Å². The van der Waals surface area contributed by atoms with Gasteiger partial charge in [0.2, 0.25) is 0 Å². The summed E-state index contributed by atoms with van der Waals surface area (Å²) in [5.41, 5.74) is 8.78. The third-order valence-electron chi connectivity index (χ3n) is 16.1. The highest BCUT2D eigenvalue weighted by atomic mass is 16.5. The quantitative estimate of drug-likeness (QED) is 0.107. The van der Waals surface area contributed by atoms with Crippen LogP contribution in [0.25, 0.3) is 33.6 Å². The standard InChI is InChI=1S/C52H48N8O8/c1-24-31-19-34(59(43(24)31)48(61)41(57-50(63)65-3)25-11-7-5-8-12-25)46-53-20-32(55-46)27-15-29-22-68-36-18-28(16-30-23-67-35(17-27)37(29)38(30)36)33-21-54-47(56-33)44-39-40-45(52(39,40)2)60(44)49(62)42(58-51(64)66-4)26-13-9-6-10-14-26/h5-18,20-21,24,31,34,39-45H,19,22-23H2,1-4H3,(H,53,55)(H,54,56)(H,57,63)(H,58,64)/t24-,31+,34+,39?,40-,41-,42-,43-,44+,45+,52-/m1/s1. The van der Waals surface area contributed by atoms with Gasteiger partial charge in [0, 0.05) is 45.5 Å². The second kappa shape index (κ2) is 14.7. The highest BCUT2D eigenvalue weighted by molar-refractivity contribution is 5.91. The van der Waals surface area contributed by atoms with Crippen molar-refractivity contribution in [1.29, 1.82) is 0 Å². The molecule has 6 fully saturated rings. The van der Waals surface area contributed by atoms with E-state index >= 15 is 0 Å². The van der Waals surface area contributed by atoms with E-state index in [1.54, 1.807) is 0 Å². The number of likely N-dealkylation sites (tertiary alicyclic amines) is 1. The van der Waals surface area contributed by atoms with Crippen molar-refractivity contribution in [1.82, 2.24) is 40.4 Å². The van der Waals surface area contributed by atoms with Gasteiger partial charge in [-0.25, -0.2) is 19.6 Å². The molecule has 0 spiro atoms. The van der Waals surface area contributed by atoms with Crippen molar-refractivity contribution in [3.05, 3.63) is 131 Å². The number of alkyl carbamates (subject to hydrolysis) is 2. The van der Waals surface area contributed by atoms with Crippen molar-refractivity contribution in [3.8, 4) is 45.1 Å². The number of aromatic amines is 2. The van der Waals surface area contributed by atoms with Gasteiger partial charge < -0.3 is 49.3 Å². The smallest absolute Gasteiger partial charge is 0.407 e. The molecule has 2 bridgehead atoms. The van der Waals surface area contributed by atoms with Crippen molar-refractivity contribution < 1.29 is 38.1 Å². The van der Waals surface area contributed by atoms with E-state index in [9.17, 15) is 19.2 Å². The fourth-order valence-corrected chi connectivity index (χ4v) is 12.6. The van der Waals surface area contributed by atoms with Crippen molar-refractivity contribution in [2.24, 2.45) is 29.1 Å². The van der Waals surface area contributed by atoms with Crippen LogP contribution in [0.2, 0.25) is 0 Å². The average molecular weight is 913 g/mol.